The summed E-state index contributed by atoms with van der Waals surface area (Å²) < 4.78 is 0. The van der Waals surface area contributed by atoms with Gasteiger partial charge in [-0.05, 0) is 18.4 Å². The quantitative estimate of drug-likeness (QED) is 0.573. The molecule has 0 aromatic heterocycles. The fourth-order valence-electron chi connectivity index (χ4n) is 2.56. The summed E-state index contributed by atoms with van der Waals surface area (Å²) in [5.41, 5.74) is 1.13. The number of carboxylic acids is 1. The van der Waals surface area contributed by atoms with Crippen LogP contribution in [-0.4, -0.2) is 11.1 Å². The first-order valence-corrected chi connectivity index (χ1v) is 8.00. The molecule has 20 heavy (non-hydrogen) atoms. The molecule has 1 rings (SSSR count). The van der Waals surface area contributed by atoms with Gasteiger partial charge in [0.2, 0.25) is 0 Å². The number of rotatable bonds is 11. The predicted molar refractivity (Wildman–Crippen MR) is 83.9 cm³/mol. The van der Waals surface area contributed by atoms with Crippen LogP contribution in [0.1, 0.15) is 63.9 Å². The molecule has 0 aliphatic rings. The lowest BCUT2D eigenvalue weighted by molar-refractivity contribution is -0.142. The molecule has 1 unspecified atom stereocenters. The Kier molecular flexibility index (Phi) is 8.77. The summed E-state index contributed by atoms with van der Waals surface area (Å²) in [6.07, 6.45) is 10.1. The Hall–Kier alpha value is -1.31. The summed E-state index contributed by atoms with van der Waals surface area (Å²) in [6.45, 7) is 2.22. The van der Waals surface area contributed by atoms with Crippen molar-refractivity contribution in [2.45, 2.75) is 64.7 Å². The molecule has 0 bridgehead atoms. The maximum absolute atomic E-state index is 11.3. The van der Waals surface area contributed by atoms with Crippen molar-refractivity contribution in [3.63, 3.8) is 0 Å². The molecule has 1 atom stereocenters. The van der Waals surface area contributed by atoms with Gasteiger partial charge in [-0.2, -0.15) is 0 Å². The van der Waals surface area contributed by atoms with Gasteiger partial charge in [-0.25, -0.2) is 0 Å². The van der Waals surface area contributed by atoms with Gasteiger partial charge in [0.25, 0.3) is 0 Å². The SMILES string of the molecule is CCCCCCCCCC(Cc1ccccc1)C(=O)O. The van der Waals surface area contributed by atoms with E-state index in [1.54, 1.807) is 0 Å². The minimum absolute atomic E-state index is 0.229. The zero-order valence-electron chi connectivity index (χ0n) is 12.7. The molecule has 0 aliphatic heterocycles. The third-order valence-electron chi connectivity index (χ3n) is 3.83. The van der Waals surface area contributed by atoms with Crippen LogP contribution in [0.15, 0.2) is 30.3 Å². The van der Waals surface area contributed by atoms with Gasteiger partial charge >= 0.3 is 5.97 Å². The van der Waals surface area contributed by atoms with Gasteiger partial charge in [-0.3, -0.25) is 4.79 Å². The van der Waals surface area contributed by atoms with Crippen molar-refractivity contribution in [1.29, 1.82) is 0 Å². The number of hydrogen-bond donors (Lipinski definition) is 1. The van der Waals surface area contributed by atoms with Crippen LogP contribution in [0.4, 0.5) is 0 Å². The monoisotopic (exact) mass is 276 g/mol. The highest BCUT2D eigenvalue weighted by Crippen LogP contribution is 2.17. The van der Waals surface area contributed by atoms with E-state index in [0.29, 0.717) is 6.42 Å². The van der Waals surface area contributed by atoms with E-state index in [-0.39, 0.29) is 5.92 Å². The van der Waals surface area contributed by atoms with Crippen molar-refractivity contribution in [3.05, 3.63) is 35.9 Å². The Balaban J connectivity index is 2.21. The van der Waals surface area contributed by atoms with Gasteiger partial charge in [0.05, 0.1) is 5.92 Å². The molecular weight excluding hydrogens is 248 g/mol. The second-order valence-electron chi connectivity index (χ2n) is 5.63. The number of aliphatic carboxylic acids is 1. The van der Waals surface area contributed by atoms with Crippen molar-refractivity contribution in [3.8, 4) is 0 Å². The van der Waals surface area contributed by atoms with Gasteiger partial charge in [-0.1, -0.05) is 82.2 Å². The van der Waals surface area contributed by atoms with Crippen LogP contribution < -0.4 is 0 Å². The molecule has 112 valence electrons. The van der Waals surface area contributed by atoms with E-state index in [1.165, 1.54) is 38.5 Å². The standard InChI is InChI=1S/C18H28O2/c1-2-3-4-5-6-7-11-14-17(18(19)20)15-16-12-9-8-10-13-16/h8-10,12-13,17H,2-7,11,14-15H2,1H3,(H,19,20). The Bertz CT molecular complexity index is 359. The predicted octanol–water partition coefficient (Wildman–Crippen LogP) is 5.07. The number of carboxylic acid groups (broad SMARTS) is 1. The Labute approximate surface area is 123 Å². The van der Waals surface area contributed by atoms with E-state index in [4.69, 9.17) is 0 Å². The molecule has 2 heteroatoms. The zero-order valence-corrected chi connectivity index (χ0v) is 12.7. The van der Waals surface area contributed by atoms with Crippen LogP contribution >= 0.6 is 0 Å². The van der Waals surface area contributed by atoms with E-state index >= 15 is 0 Å². The minimum Gasteiger partial charge on any atom is -0.481 e. The topological polar surface area (TPSA) is 37.3 Å². The summed E-state index contributed by atoms with van der Waals surface area (Å²) in [7, 11) is 0. The van der Waals surface area contributed by atoms with Crippen LogP contribution in [0.25, 0.3) is 0 Å². The Morgan fingerprint density at radius 3 is 2.20 bits per heavy atom. The molecule has 1 aromatic rings. The molecule has 0 fully saturated rings. The Morgan fingerprint density at radius 1 is 1.00 bits per heavy atom. The van der Waals surface area contributed by atoms with E-state index < -0.39 is 5.97 Å². The van der Waals surface area contributed by atoms with Crippen molar-refractivity contribution >= 4 is 5.97 Å². The molecule has 0 radical (unpaired) electrons. The van der Waals surface area contributed by atoms with Gasteiger partial charge in [0.15, 0.2) is 0 Å². The molecule has 0 saturated heterocycles. The largest absolute Gasteiger partial charge is 0.481 e. The highest BCUT2D eigenvalue weighted by molar-refractivity contribution is 5.70. The van der Waals surface area contributed by atoms with Crippen LogP contribution in [0.5, 0.6) is 0 Å². The Morgan fingerprint density at radius 2 is 1.60 bits per heavy atom. The van der Waals surface area contributed by atoms with Gasteiger partial charge in [0, 0.05) is 0 Å². The summed E-state index contributed by atoms with van der Waals surface area (Å²) >= 11 is 0. The molecule has 0 spiro atoms. The van der Waals surface area contributed by atoms with E-state index in [0.717, 1.165) is 18.4 Å². The number of hydrogen-bond acceptors (Lipinski definition) is 1. The maximum Gasteiger partial charge on any atom is 0.306 e. The lowest BCUT2D eigenvalue weighted by atomic mass is 9.93. The number of carbonyl (C=O) groups is 1. The van der Waals surface area contributed by atoms with Crippen LogP contribution in [0.2, 0.25) is 0 Å². The van der Waals surface area contributed by atoms with Gasteiger partial charge in [0.1, 0.15) is 0 Å². The minimum atomic E-state index is -0.653. The molecule has 2 nitrogen and oxygen atoms in total. The summed E-state index contributed by atoms with van der Waals surface area (Å²) in [6, 6.07) is 9.95. The second-order valence-corrected chi connectivity index (χ2v) is 5.63. The van der Waals surface area contributed by atoms with Crippen molar-refractivity contribution in [2.24, 2.45) is 5.92 Å². The first kappa shape index (κ1) is 16.7. The van der Waals surface area contributed by atoms with E-state index in [9.17, 15) is 9.90 Å². The lowest BCUT2D eigenvalue weighted by Crippen LogP contribution is -2.16. The van der Waals surface area contributed by atoms with Crippen molar-refractivity contribution in [2.75, 3.05) is 0 Å². The normalized spacial score (nSPS) is 12.2. The third-order valence-corrected chi connectivity index (χ3v) is 3.83. The second kappa shape index (κ2) is 10.5. The first-order valence-electron chi connectivity index (χ1n) is 8.00. The average molecular weight is 276 g/mol. The third kappa shape index (κ3) is 7.32. The fraction of sp³-hybridized carbons (Fsp3) is 0.611. The lowest BCUT2D eigenvalue weighted by Gasteiger charge is -2.12. The number of benzene rings is 1. The molecule has 0 amide bonds. The van der Waals surface area contributed by atoms with Gasteiger partial charge < -0.3 is 5.11 Å². The summed E-state index contributed by atoms with van der Waals surface area (Å²) in [5.74, 6) is -0.882. The van der Waals surface area contributed by atoms with Crippen LogP contribution in [-0.2, 0) is 11.2 Å². The smallest absolute Gasteiger partial charge is 0.306 e. The highest BCUT2D eigenvalue weighted by atomic mass is 16.4. The molecule has 0 saturated carbocycles. The van der Waals surface area contributed by atoms with Gasteiger partial charge in [-0.15, -0.1) is 0 Å². The summed E-state index contributed by atoms with van der Waals surface area (Å²) in [5, 5.41) is 9.31. The molecule has 1 N–H and O–H groups in total. The molecule has 0 aliphatic carbocycles. The van der Waals surface area contributed by atoms with E-state index in [2.05, 4.69) is 6.92 Å². The van der Waals surface area contributed by atoms with Crippen molar-refractivity contribution < 1.29 is 9.90 Å². The van der Waals surface area contributed by atoms with Crippen LogP contribution in [0, 0.1) is 5.92 Å². The average Bonchev–Trinajstić information content (AvgIpc) is 2.46. The fourth-order valence-corrected chi connectivity index (χ4v) is 2.56. The molecular formula is C18H28O2. The summed E-state index contributed by atoms with van der Waals surface area (Å²) in [4.78, 5) is 11.3. The molecule has 0 heterocycles. The zero-order chi connectivity index (χ0) is 14.6. The van der Waals surface area contributed by atoms with Crippen LogP contribution in [0.3, 0.4) is 0 Å². The van der Waals surface area contributed by atoms with Crippen molar-refractivity contribution in [1.82, 2.24) is 0 Å². The number of unbranched alkanes of at least 4 members (excludes halogenated alkanes) is 6. The maximum atomic E-state index is 11.3. The first-order chi connectivity index (χ1) is 9.74. The van der Waals surface area contributed by atoms with E-state index in [1.807, 2.05) is 30.3 Å². The molecule has 1 aromatic carbocycles. The highest BCUT2D eigenvalue weighted by Gasteiger charge is 2.17.